The molecule has 1 aliphatic rings. The number of fused-ring (bicyclic) bond motifs is 1. The molecular weight excluding hydrogens is 397 g/mol. The summed E-state index contributed by atoms with van der Waals surface area (Å²) < 4.78 is 67.9. The van der Waals surface area contributed by atoms with Crippen molar-refractivity contribution in [2.45, 2.75) is 37.6 Å². The second-order valence-corrected chi connectivity index (χ2v) is 8.09. The number of nitrogens with zero attached hydrogens (tertiary/aromatic N) is 1. The topological polar surface area (TPSA) is 75.7 Å². The minimum absolute atomic E-state index is 0.000491. The summed E-state index contributed by atoms with van der Waals surface area (Å²) in [5.74, 6) is -0.576. The highest BCUT2D eigenvalue weighted by atomic mass is 32.2. The van der Waals surface area contributed by atoms with Crippen LogP contribution in [0.2, 0.25) is 0 Å². The van der Waals surface area contributed by atoms with Crippen LogP contribution in [0, 0.1) is 0 Å². The van der Waals surface area contributed by atoms with E-state index in [0.29, 0.717) is 12.1 Å². The van der Waals surface area contributed by atoms with E-state index in [1.807, 2.05) is 6.92 Å². The molecule has 28 heavy (non-hydrogen) atoms. The number of nitrogens with one attached hydrogen (secondary N) is 1. The average Bonchev–Trinajstić information content (AvgIpc) is 2.90. The molecule has 0 radical (unpaired) electrons. The summed E-state index contributed by atoms with van der Waals surface area (Å²) in [6.07, 6.45) is -4.29. The molecule has 150 valence electrons. The van der Waals surface area contributed by atoms with E-state index in [2.05, 4.69) is 9.46 Å². The zero-order valence-electron chi connectivity index (χ0n) is 14.9. The van der Waals surface area contributed by atoms with Crippen LogP contribution in [0.1, 0.15) is 19.4 Å². The largest absolute Gasteiger partial charge is 0.573 e. The lowest BCUT2D eigenvalue weighted by Gasteiger charge is -2.20. The van der Waals surface area contributed by atoms with Crippen molar-refractivity contribution >= 4 is 27.3 Å². The van der Waals surface area contributed by atoms with Gasteiger partial charge < -0.3 is 9.64 Å². The Morgan fingerprint density at radius 3 is 2.39 bits per heavy atom. The van der Waals surface area contributed by atoms with Crippen molar-refractivity contribution in [3.8, 4) is 5.75 Å². The normalized spacial score (nSPS) is 16.6. The van der Waals surface area contributed by atoms with E-state index in [0.717, 1.165) is 17.7 Å². The van der Waals surface area contributed by atoms with E-state index >= 15 is 0 Å². The minimum atomic E-state index is -4.82. The summed E-state index contributed by atoms with van der Waals surface area (Å²) in [6, 6.07) is 8.77. The maximum atomic E-state index is 12.6. The van der Waals surface area contributed by atoms with Gasteiger partial charge in [0.25, 0.3) is 10.0 Å². The predicted molar refractivity (Wildman–Crippen MR) is 96.7 cm³/mol. The number of anilines is 2. The number of hydrogen-bond acceptors (Lipinski definition) is 4. The molecule has 0 bridgehead atoms. The first-order valence-corrected chi connectivity index (χ1v) is 9.76. The summed E-state index contributed by atoms with van der Waals surface area (Å²) in [7, 11) is -3.95. The first-order valence-electron chi connectivity index (χ1n) is 8.27. The van der Waals surface area contributed by atoms with Crippen molar-refractivity contribution in [3.05, 3.63) is 48.0 Å². The SMILES string of the molecule is CC(=O)N1c2ccc(S(=O)(=O)Nc3ccc(OC(F)(F)F)cc3)cc2C[C@H]1C. The van der Waals surface area contributed by atoms with Gasteiger partial charge in [0.05, 0.1) is 4.90 Å². The molecule has 6 nitrogen and oxygen atoms in total. The van der Waals surface area contributed by atoms with E-state index < -0.39 is 22.1 Å². The lowest BCUT2D eigenvalue weighted by molar-refractivity contribution is -0.274. The number of alkyl halides is 3. The van der Waals surface area contributed by atoms with Crippen molar-refractivity contribution in [2.24, 2.45) is 0 Å². The molecule has 0 aromatic heterocycles. The third-order valence-corrected chi connectivity index (χ3v) is 5.64. The van der Waals surface area contributed by atoms with Gasteiger partial charge in [0, 0.05) is 24.3 Å². The number of amides is 1. The highest BCUT2D eigenvalue weighted by Gasteiger charge is 2.31. The van der Waals surface area contributed by atoms with Crippen LogP contribution in [0.3, 0.4) is 0 Å². The molecule has 0 aliphatic carbocycles. The van der Waals surface area contributed by atoms with Crippen LogP contribution in [-0.4, -0.2) is 26.7 Å². The maximum absolute atomic E-state index is 12.6. The number of rotatable bonds is 4. The molecule has 2 aromatic rings. The maximum Gasteiger partial charge on any atom is 0.573 e. The van der Waals surface area contributed by atoms with Crippen LogP contribution < -0.4 is 14.4 Å². The first-order chi connectivity index (χ1) is 13.0. The summed E-state index contributed by atoms with van der Waals surface area (Å²) >= 11 is 0. The second kappa shape index (κ2) is 7.01. The number of sulfonamides is 1. The van der Waals surface area contributed by atoms with E-state index in [1.54, 1.807) is 11.0 Å². The van der Waals surface area contributed by atoms with Crippen molar-refractivity contribution in [1.82, 2.24) is 0 Å². The fourth-order valence-corrected chi connectivity index (χ4v) is 4.30. The molecule has 1 aliphatic heterocycles. The van der Waals surface area contributed by atoms with Gasteiger partial charge in [-0.05, 0) is 61.4 Å². The third-order valence-electron chi connectivity index (χ3n) is 4.26. The molecule has 10 heteroatoms. The van der Waals surface area contributed by atoms with Gasteiger partial charge >= 0.3 is 6.36 Å². The Morgan fingerprint density at radius 2 is 1.82 bits per heavy atom. The molecule has 0 saturated heterocycles. The van der Waals surface area contributed by atoms with Crippen molar-refractivity contribution < 1.29 is 31.1 Å². The average molecular weight is 414 g/mol. The Morgan fingerprint density at radius 1 is 1.18 bits per heavy atom. The van der Waals surface area contributed by atoms with Gasteiger partial charge in [-0.1, -0.05) is 0 Å². The molecule has 0 fully saturated rings. The van der Waals surface area contributed by atoms with E-state index in [-0.39, 0.29) is 22.5 Å². The van der Waals surface area contributed by atoms with Crippen LogP contribution in [0.5, 0.6) is 5.75 Å². The zero-order chi connectivity index (χ0) is 20.7. The van der Waals surface area contributed by atoms with Crippen LogP contribution in [0.15, 0.2) is 47.4 Å². The number of ether oxygens (including phenoxy) is 1. The Hall–Kier alpha value is -2.75. The highest BCUT2D eigenvalue weighted by molar-refractivity contribution is 7.92. The third kappa shape index (κ3) is 4.22. The zero-order valence-corrected chi connectivity index (χ0v) is 15.8. The Kier molecular flexibility index (Phi) is 5.00. The number of halogens is 3. The van der Waals surface area contributed by atoms with Crippen LogP contribution >= 0.6 is 0 Å². The lowest BCUT2D eigenvalue weighted by atomic mass is 10.1. The van der Waals surface area contributed by atoms with Crippen molar-refractivity contribution in [1.29, 1.82) is 0 Å². The van der Waals surface area contributed by atoms with Gasteiger partial charge in [-0.2, -0.15) is 0 Å². The highest BCUT2D eigenvalue weighted by Crippen LogP contribution is 2.34. The molecule has 2 aromatic carbocycles. The van der Waals surface area contributed by atoms with Gasteiger partial charge in [-0.15, -0.1) is 13.2 Å². The smallest absolute Gasteiger partial charge is 0.406 e. The molecule has 1 N–H and O–H groups in total. The fraction of sp³-hybridized carbons (Fsp3) is 0.278. The van der Waals surface area contributed by atoms with E-state index in [4.69, 9.17) is 0 Å². The van der Waals surface area contributed by atoms with Crippen LogP contribution in [0.4, 0.5) is 24.5 Å². The Bertz CT molecular complexity index is 1000. The molecule has 1 atom stereocenters. The summed E-state index contributed by atoms with van der Waals surface area (Å²) in [4.78, 5) is 13.4. The first kappa shape index (κ1) is 20.0. The summed E-state index contributed by atoms with van der Waals surface area (Å²) in [6.45, 7) is 3.32. The quantitative estimate of drug-likeness (QED) is 0.828. The van der Waals surface area contributed by atoms with Crippen LogP contribution in [0.25, 0.3) is 0 Å². The molecule has 0 saturated carbocycles. The fourth-order valence-electron chi connectivity index (χ4n) is 3.19. The number of carbonyl (C=O) groups excluding carboxylic acids is 1. The van der Waals surface area contributed by atoms with Crippen molar-refractivity contribution in [2.75, 3.05) is 9.62 Å². The minimum Gasteiger partial charge on any atom is -0.406 e. The second-order valence-electron chi connectivity index (χ2n) is 6.41. The molecule has 0 spiro atoms. The number of hydrogen-bond donors (Lipinski definition) is 1. The predicted octanol–water partition coefficient (Wildman–Crippen LogP) is 3.68. The van der Waals surface area contributed by atoms with Gasteiger partial charge in [0.2, 0.25) is 5.91 Å². The monoisotopic (exact) mass is 414 g/mol. The van der Waals surface area contributed by atoms with Gasteiger partial charge in [0.15, 0.2) is 0 Å². The van der Waals surface area contributed by atoms with E-state index in [1.165, 1.54) is 31.2 Å². The van der Waals surface area contributed by atoms with Gasteiger partial charge in [-0.25, -0.2) is 8.42 Å². The molecular formula is C18H17F3N2O4S. The Balaban J connectivity index is 1.81. The molecule has 1 heterocycles. The van der Waals surface area contributed by atoms with Gasteiger partial charge in [-0.3, -0.25) is 9.52 Å². The summed E-state index contributed by atoms with van der Waals surface area (Å²) in [5, 5.41) is 0. The van der Waals surface area contributed by atoms with Crippen LogP contribution in [-0.2, 0) is 21.2 Å². The lowest BCUT2D eigenvalue weighted by Crippen LogP contribution is -2.33. The number of carbonyl (C=O) groups is 1. The molecule has 3 rings (SSSR count). The standard InChI is InChI=1S/C18H17F3N2O4S/c1-11-9-13-10-16(7-8-17(13)23(11)12(2)24)28(25,26)22-14-3-5-15(6-4-14)27-18(19,20)21/h3-8,10-11,22H,9H2,1-2H3/t11-/m1/s1. The number of benzene rings is 2. The van der Waals surface area contributed by atoms with Crippen molar-refractivity contribution in [3.63, 3.8) is 0 Å². The molecule has 0 unspecified atom stereocenters. The molecule has 1 amide bonds. The Labute approximate surface area is 160 Å². The van der Waals surface area contributed by atoms with E-state index in [9.17, 15) is 26.4 Å². The summed E-state index contributed by atoms with van der Waals surface area (Å²) in [5.41, 5.74) is 1.50. The van der Waals surface area contributed by atoms with Gasteiger partial charge in [0.1, 0.15) is 5.75 Å².